The first-order chi connectivity index (χ1) is 17.3. The lowest BCUT2D eigenvalue weighted by atomic mass is 10.1. The molecule has 0 spiro atoms. The lowest BCUT2D eigenvalue weighted by molar-refractivity contribution is 0.202. The molecule has 0 saturated heterocycles. The summed E-state index contributed by atoms with van der Waals surface area (Å²) in [5.41, 5.74) is 1.29. The average molecular weight is 593 g/mol. The second kappa shape index (κ2) is 11.5. The Labute approximate surface area is 220 Å². The Hall–Kier alpha value is -3.55. The van der Waals surface area contributed by atoms with Gasteiger partial charge < -0.3 is 9.47 Å². The van der Waals surface area contributed by atoms with Gasteiger partial charge in [0.1, 0.15) is 19.5 Å². The molecular weight excluding hydrogens is 574 g/mol. The Balaban J connectivity index is 1.59. The number of ether oxygens (including phenoxy) is 2. The predicted molar refractivity (Wildman–Crippen MR) is 138 cm³/mol. The Kier molecular flexibility index (Phi) is 8.13. The number of anilines is 2. The van der Waals surface area contributed by atoms with E-state index in [4.69, 9.17) is 21.1 Å². The van der Waals surface area contributed by atoms with Crippen LogP contribution in [0.15, 0.2) is 72.0 Å². The van der Waals surface area contributed by atoms with E-state index in [1.54, 1.807) is 55.0 Å². The molecule has 1 N–H and O–H groups in total. The van der Waals surface area contributed by atoms with Crippen molar-refractivity contribution in [2.45, 2.75) is 0 Å². The molecule has 0 atom stereocenters. The van der Waals surface area contributed by atoms with Gasteiger partial charge >= 0.3 is 16.2 Å². The highest BCUT2D eigenvalue weighted by Gasteiger charge is 2.24. The zero-order valence-corrected chi connectivity index (χ0v) is 21.9. The van der Waals surface area contributed by atoms with Crippen molar-refractivity contribution < 1.29 is 17.9 Å². The minimum absolute atomic E-state index is 0.0234. The fourth-order valence-corrected chi connectivity index (χ4v) is 4.20. The Bertz CT molecular complexity index is 1410. The zero-order chi connectivity index (χ0) is 25.5. The van der Waals surface area contributed by atoms with Gasteiger partial charge in [-0.3, -0.25) is 9.29 Å². The van der Waals surface area contributed by atoms with E-state index in [0.717, 1.165) is 8.78 Å². The van der Waals surface area contributed by atoms with E-state index in [1.165, 1.54) is 19.6 Å². The molecule has 0 bridgehead atoms. The monoisotopic (exact) mass is 591 g/mol. The molecule has 0 radical (unpaired) electrons. The first-order valence-corrected chi connectivity index (χ1v) is 13.0. The van der Waals surface area contributed by atoms with Gasteiger partial charge in [0.2, 0.25) is 5.88 Å². The van der Waals surface area contributed by atoms with Crippen LogP contribution in [-0.2, 0) is 10.2 Å². The van der Waals surface area contributed by atoms with Gasteiger partial charge in [0.05, 0.1) is 21.9 Å². The number of aromatic nitrogens is 5. The number of halogens is 2. The number of nitrogens with one attached hydrogen (secondary N) is 1. The van der Waals surface area contributed by atoms with Gasteiger partial charge in [-0.15, -0.1) is 0 Å². The molecule has 0 aliphatic carbocycles. The molecule has 186 valence electrons. The van der Waals surface area contributed by atoms with Crippen molar-refractivity contribution in [2.75, 3.05) is 29.3 Å². The van der Waals surface area contributed by atoms with Crippen LogP contribution in [-0.4, -0.2) is 53.6 Å². The van der Waals surface area contributed by atoms with Crippen LogP contribution in [0.3, 0.4) is 0 Å². The van der Waals surface area contributed by atoms with Gasteiger partial charge in [0.25, 0.3) is 0 Å². The molecule has 0 amide bonds. The number of rotatable bonds is 10. The van der Waals surface area contributed by atoms with Crippen molar-refractivity contribution >= 4 is 49.2 Å². The Morgan fingerprint density at radius 1 is 1.00 bits per heavy atom. The highest BCUT2D eigenvalue weighted by molar-refractivity contribution is 9.10. The van der Waals surface area contributed by atoms with E-state index in [0.29, 0.717) is 21.8 Å². The van der Waals surface area contributed by atoms with E-state index < -0.39 is 10.2 Å². The molecule has 14 heteroatoms. The number of hydrogen-bond acceptors (Lipinski definition) is 9. The Morgan fingerprint density at radius 3 is 2.42 bits per heavy atom. The minimum atomic E-state index is -4.06. The third-order valence-corrected chi connectivity index (χ3v) is 6.74. The summed E-state index contributed by atoms with van der Waals surface area (Å²) in [4.78, 5) is 20.4. The molecule has 0 saturated carbocycles. The molecule has 0 aliphatic heterocycles. The molecule has 3 aromatic heterocycles. The second-order valence-corrected chi connectivity index (χ2v) is 10.1. The predicted octanol–water partition coefficient (Wildman–Crippen LogP) is 4.00. The number of hydrogen-bond donors (Lipinski definition) is 1. The molecule has 0 unspecified atom stereocenters. The van der Waals surface area contributed by atoms with Gasteiger partial charge in [-0.2, -0.15) is 8.42 Å². The molecule has 0 aliphatic rings. The quantitative estimate of drug-likeness (QED) is 0.271. The van der Waals surface area contributed by atoms with Crippen molar-refractivity contribution in [2.24, 2.45) is 0 Å². The fraction of sp³-hybridized carbons (Fsp3) is 0.136. The average Bonchev–Trinajstić information content (AvgIpc) is 2.88. The van der Waals surface area contributed by atoms with E-state index in [1.807, 2.05) is 0 Å². The zero-order valence-electron chi connectivity index (χ0n) is 18.7. The summed E-state index contributed by atoms with van der Waals surface area (Å²) in [6.07, 6.45) is 7.31. The number of nitrogens with zero attached hydrogens (tertiary/aromatic N) is 6. The van der Waals surface area contributed by atoms with Crippen LogP contribution in [0.25, 0.3) is 11.1 Å². The normalized spacial score (nSPS) is 11.1. The van der Waals surface area contributed by atoms with E-state index in [9.17, 15) is 8.42 Å². The molecular formula is C22H19BrClN7O4S. The molecule has 0 fully saturated rings. The van der Waals surface area contributed by atoms with Crippen molar-refractivity contribution in [1.29, 1.82) is 0 Å². The lowest BCUT2D eigenvalue weighted by Crippen LogP contribution is -2.33. The minimum Gasteiger partial charge on any atom is -0.473 e. The number of pyridine rings is 1. The Morgan fingerprint density at radius 2 is 1.72 bits per heavy atom. The maximum absolute atomic E-state index is 13.1. The van der Waals surface area contributed by atoms with E-state index in [-0.39, 0.29) is 30.9 Å². The topological polar surface area (TPSA) is 132 Å². The molecule has 11 nitrogen and oxygen atoms in total. The molecule has 4 aromatic rings. The van der Waals surface area contributed by atoms with Crippen LogP contribution in [0.1, 0.15) is 0 Å². The van der Waals surface area contributed by atoms with Gasteiger partial charge in [-0.1, -0.05) is 23.7 Å². The summed E-state index contributed by atoms with van der Waals surface area (Å²) in [7, 11) is -2.66. The summed E-state index contributed by atoms with van der Waals surface area (Å²) in [5, 5.41) is 0.513. The first kappa shape index (κ1) is 25.5. The summed E-state index contributed by atoms with van der Waals surface area (Å²) in [6, 6.07) is 10.2. The molecule has 3 heterocycles. The smallest absolute Gasteiger partial charge is 0.324 e. The molecule has 1 aromatic carbocycles. The van der Waals surface area contributed by atoms with Crippen molar-refractivity contribution in [3.05, 3.63) is 77.0 Å². The number of benzene rings is 1. The molecule has 4 rings (SSSR count). The summed E-state index contributed by atoms with van der Waals surface area (Å²) >= 11 is 9.31. The highest BCUT2D eigenvalue weighted by atomic mass is 79.9. The maximum atomic E-state index is 13.1. The van der Waals surface area contributed by atoms with Crippen LogP contribution >= 0.6 is 27.5 Å². The van der Waals surface area contributed by atoms with Gasteiger partial charge in [0.15, 0.2) is 5.82 Å². The van der Waals surface area contributed by atoms with Gasteiger partial charge in [-0.25, -0.2) is 24.7 Å². The van der Waals surface area contributed by atoms with Crippen molar-refractivity contribution in [1.82, 2.24) is 24.9 Å². The van der Waals surface area contributed by atoms with Gasteiger partial charge in [-0.05, 0) is 45.8 Å². The van der Waals surface area contributed by atoms with E-state index >= 15 is 0 Å². The van der Waals surface area contributed by atoms with Crippen molar-refractivity contribution in [3.8, 4) is 23.0 Å². The lowest BCUT2D eigenvalue weighted by Gasteiger charge is -2.21. The highest BCUT2D eigenvalue weighted by Crippen LogP contribution is 2.35. The van der Waals surface area contributed by atoms with Crippen LogP contribution in [0.4, 0.5) is 11.5 Å². The first-order valence-electron chi connectivity index (χ1n) is 10.3. The van der Waals surface area contributed by atoms with Crippen molar-refractivity contribution in [3.63, 3.8) is 0 Å². The largest absolute Gasteiger partial charge is 0.473 e. The van der Waals surface area contributed by atoms with E-state index in [2.05, 4.69) is 45.6 Å². The SMILES string of the molecule is CN(c1cccnc1)S(=O)(=O)Nc1ncnc(OCCOc2ncc(Br)cn2)c1-c1ccc(Cl)cc1. The third-order valence-electron chi connectivity index (χ3n) is 4.69. The standard InChI is InChI=1S/C22H19BrClN7O4S/c1-31(18-3-2-8-25-13-18)36(32,33)30-20-19(15-4-6-17(24)7-5-15)21(29-14-28-20)34-9-10-35-22-26-11-16(23)12-27-22/h2-8,11-14H,9-10H2,1H3,(H,28,29,30). The third kappa shape index (κ3) is 6.36. The van der Waals surface area contributed by atoms with Crippen LogP contribution in [0.5, 0.6) is 11.9 Å². The van der Waals surface area contributed by atoms with Crippen LogP contribution in [0, 0.1) is 0 Å². The summed E-state index contributed by atoms with van der Waals surface area (Å²) < 4.78 is 41.8. The fourth-order valence-electron chi connectivity index (χ4n) is 2.95. The summed E-state index contributed by atoms with van der Waals surface area (Å²) in [5.74, 6) is 0.171. The summed E-state index contributed by atoms with van der Waals surface area (Å²) in [6.45, 7) is 0.204. The maximum Gasteiger partial charge on any atom is 0.324 e. The second-order valence-electron chi connectivity index (χ2n) is 7.08. The van der Waals surface area contributed by atoms with Crippen LogP contribution in [0.2, 0.25) is 5.02 Å². The van der Waals surface area contributed by atoms with Crippen LogP contribution < -0.4 is 18.5 Å². The molecule has 36 heavy (non-hydrogen) atoms. The van der Waals surface area contributed by atoms with Gasteiger partial charge in [0, 0.05) is 30.7 Å².